The van der Waals surface area contributed by atoms with Crippen LogP contribution in [0, 0.1) is 0 Å². The van der Waals surface area contributed by atoms with E-state index in [1.807, 2.05) is 0 Å². The Bertz CT molecular complexity index is 241. The Morgan fingerprint density at radius 2 is 1.86 bits per heavy atom. The van der Waals surface area contributed by atoms with Crippen LogP contribution in [0.4, 0.5) is 0 Å². The zero-order chi connectivity index (χ0) is 10.6. The van der Waals surface area contributed by atoms with Gasteiger partial charge in [0.2, 0.25) is 0 Å². The minimum Gasteiger partial charge on any atom is -0.829 e. The van der Waals surface area contributed by atoms with Crippen LogP contribution in [0.3, 0.4) is 0 Å². The molecule has 14 heavy (non-hydrogen) atoms. The normalized spacial score (nSPS) is 50.8. The van der Waals surface area contributed by atoms with E-state index >= 15 is 0 Å². The van der Waals surface area contributed by atoms with Crippen molar-refractivity contribution in [3.05, 3.63) is 0 Å². The Kier molecular flexibility index (Phi) is 2.14. The lowest BCUT2D eigenvalue weighted by atomic mass is 9.99. The second kappa shape index (κ2) is 2.90. The summed E-state index contributed by atoms with van der Waals surface area (Å²) in [4.78, 5) is 0. The van der Waals surface area contributed by atoms with Crippen LogP contribution in [0.15, 0.2) is 0 Å². The summed E-state index contributed by atoms with van der Waals surface area (Å²) >= 11 is 0. The van der Waals surface area contributed by atoms with Gasteiger partial charge < -0.3 is 24.4 Å². The first-order valence-corrected chi connectivity index (χ1v) is 4.68. The molecule has 0 spiro atoms. The molecule has 0 aromatic rings. The second-order valence-corrected chi connectivity index (χ2v) is 4.48. The van der Waals surface area contributed by atoms with Crippen LogP contribution in [0.5, 0.6) is 0 Å². The van der Waals surface area contributed by atoms with Gasteiger partial charge >= 0.3 is 0 Å². The lowest BCUT2D eigenvalue weighted by Crippen LogP contribution is -2.43. The van der Waals surface area contributed by atoms with Crippen LogP contribution in [0.25, 0.3) is 0 Å². The van der Waals surface area contributed by atoms with Gasteiger partial charge in [0.15, 0.2) is 5.79 Å². The Balaban J connectivity index is 2.23. The summed E-state index contributed by atoms with van der Waals surface area (Å²) in [6, 6.07) is 0. The number of hydrogen-bond acceptors (Lipinski definition) is 5. The van der Waals surface area contributed by atoms with Crippen molar-refractivity contribution in [2.75, 3.05) is 6.61 Å². The fourth-order valence-electron chi connectivity index (χ4n) is 1.99. The summed E-state index contributed by atoms with van der Waals surface area (Å²) in [5.74, 6) is -0.766. The molecule has 2 rings (SSSR count). The van der Waals surface area contributed by atoms with Gasteiger partial charge in [-0.25, -0.2) is 0 Å². The molecule has 2 aliphatic heterocycles. The lowest BCUT2D eigenvalue weighted by molar-refractivity contribution is -0.507. The topological polar surface area (TPSA) is 71.0 Å². The van der Waals surface area contributed by atoms with Crippen LogP contribution in [-0.4, -0.2) is 41.6 Å². The van der Waals surface area contributed by atoms with Crippen molar-refractivity contribution >= 4 is 0 Å². The van der Waals surface area contributed by atoms with Crippen molar-refractivity contribution in [2.45, 2.75) is 50.7 Å². The molecule has 0 unspecified atom stereocenters. The fourth-order valence-corrected chi connectivity index (χ4v) is 1.99. The van der Waals surface area contributed by atoms with E-state index < -0.39 is 29.9 Å². The van der Waals surface area contributed by atoms with Gasteiger partial charge in [-0.15, -0.1) is 0 Å². The predicted molar refractivity (Wildman–Crippen MR) is 44.2 cm³/mol. The molecule has 82 valence electrons. The Hall–Kier alpha value is -0.200. The van der Waals surface area contributed by atoms with E-state index in [1.165, 1.54) is 0 Å². The summed E-state index contributed by atoms with van der Waals surface area (Å²) < 4.78 is 16.1. The third-order valence-electron chi connectivity index (χ3n) is 2.70. The molecule has 2 heterocycles. The summed E-state index contributed by atoms with van der Waals surface area (Å²) in [5, 5.41) is 20.6. The highest BCUT2D eigenvalue weighted by atomic mass is 16.8. The minimum atomic E-state index is -1.28. The minimum absolute atomic E-state index is 0.244. The van der Waals surface area contributed by atoms with E-state index in [4.69, 9.17) is 19.3 Å². The van der Waals surface area contributed by atoms with E-state index in [0.717, 1.165) is 0 Å². The number of aliphatic hydroxyl groups is 1. The molecule has 0 aliphatic carbocycles. The standard InChI is InChI=1S/C9H15O5/c1-8(2)12-5-6(13-8)9(3,4-10)14-7(5)11/h5-7,10H,4H2,1-3H3/q-1/t5-,6+,7-,9+/m1/s1. The first-order valence-electron chi connectivity index (χ1n) is 4.68. The monoisotopic (exact) mass is 203 g/mol. The number of rotatable bonds is 1. The molecule has 4 atom stereocenters. The van der Waals surface area contributed by atoms with E-state index in [9.17, 15) is 5.11 Å². The zero-order valence-electron chi connectivity index (χ0n) is 8.52. The molecule has 0 amide bonds. The van der Waals surface area contributed by atoms with Crippen molar-refractivity contribution in [3.63, 3.8) is 0 Å². The van der Waals surface area contributed by atoms with E-state index in [2.05, 4.69) is 0 Å². The molecule has 1 N–H and O–H groups in total. The number of fused-ring (bicyclic) bond motifs is 1. The largest absolute Gasteiger partial charge is 0.829 e. The number of aliphatic hydroxyl groups excluding tert-OH is 1. The highest BCUT2D eigenvalue weighted by Crippen LogP contribution is 2.42. The molecule has 5 heteroatoms. The molecular weight excluding hydrogens is 188 g/mol. The van der Waals surface area contributed by atoms with Gasteiger partial charge in [0.05, 0.1) is 6.61 Å². The van der Waals surface area contributed by atoms with Crippen LogP contribution >= 0.6 is 0 Å². The third-order valence-corrected chi connectivity index (χ3v) is 2.70. The maximum Gasteiger partial charge on any atom is 0.163 e. The summed E-state index contributed by atoms with van der Waals surface area (Å²) in [6.45, 7) is 4.91. The smallest absolute Gasteiger partial charge is 0.163 e. The summed E-state index contributed by atoms with van der Waals surface area (Å²) in [5.41, 5.74) is -0.940. The van der Waals surface area contributed by atoms with Gasteiger partial charge in [-0.2, -0.15) is 0 Å². The van der Waals surface area contributed by atoms with Crippen molar-refractivity contribution < 1.29 is 24.4 Å². The van der Waals surface area contributed by atoms with Crippen molar-refractivity contribution in [2.24, 2.45) is 0 Å². The molecular formula is C9H15O5-. The molecule has 2 aliphatic rings. The molecule has 0 bridgehead atoms. The predicted octanol–water partition coefficient (Wildman–Crippen LogP) is -1.03. The molecule has 2 saturated heterocycles. The first-order chi connectivity index (χ1) is 6.38. The average Bonchev–Trinajstić information content (AvgIpc) is 2.50. The van der Waals surface area contributed by atoms with Gasteiger partial charge in [0.25, 0.3) is 0 Å². The van der Waals surface area contributed by atoms with Crippen LogP contribution in [-0.2, 0) is 14.2 Å². The summed E-state index contributed by atoms with van der Waals surface area (Å²) in [7, 11) is 0. The van der Waals surface area contributed by atoms with Gasteiger partial charge in [-0.1, -0.05) is 0 Å². The zero-order valence-corrected chi connectivity index (χ0v) is 8.52. The van der Waals surface area contributed by atoms with Crippen molar-refractivity contribution in [1.82, 2.24) is 0 Å². The maximum absolute atomic E-state index is 11.5. The highest BCUT2D eigenvalue weighted by Gasteiger charge is 2.57. The summed E-state index contributed by atoms with van der Waals surface area (Å²) in [6.07, 6.45) is -2.38. The third kappa shape index (κ3) is 1.36. The van der Waals surface area contributed by atoms with Crippen molar-refractivity contribution in [3.8, 4) is 0 Å². The van der Waals surface area contributed by atoms with Gasteiger partial charge in [-0.05, 0) is 20.8 Å². The lowest BCUT2D eigenvalue weighted by Gasteiger charge is -2.31. The average molecular weight is 203 g/mol. The number of hydrogen-bond donors (Lipinski definition) is 1. The molecule has 0 aromatic carbocycles. The van der Waals surface area contributed by atoms with Crippen molar-refractivity contribution in [1.29, 1.82) is 0 Å². The Morgan fingerprint density at radius 1 is 1.21 bits per heavy atom. The molecule has 0 aromatic heterocycles. The van der Waals surface area contributed by atoms with E-state index in [0.29, 0.717) is 0 Å². The van der Waals surface area contributed by atoms with Gasteiger partial charge in [0.1, 0.15) is 17.8 Å². The molecule has 2 fully saturated rings. The molecule has 5 nitrogen and oxygen atoms in total. The fraction of sp³-hybridized carbons (Fsp3) is 1.00. The maximum atomic E-state index is 11.5. The van der Waals surface area contributed by atoms with Gasteiger partial charge in [-0.3, -0.25) is 0 Å². The highest BCUT2D eigenvalue weighted by molar-refractivity contribution is 5.01. The van der Waals surface area contributed by atoms with Crippen LogP contribution in [0.1, 0.15) is 20.8 Å². The van der Waals surface area contributed by atoms with E-state index in [1.54, 1.807) is 20.8 Å². The Morgan fingerprint density at radius 3 is 2.43 bits per heavy atom. The van der Waals surface area contributed by atoms with Gasteiger partial charge in [0, 0.05) is 6.29 Å². The Labute approximate surface area is 82.6 Å². The van der Waals surface area contributed by atoms with Crippen LogP contribution < -0.4 is 5.11 Å². The molecule has 0 saturated carbocycles. The second-order valence-electron chi connectivity index (χ2n) is 4.48. The quantitative estimate of drug-likeness (QED) is 0.590. The number of ether oxygens (including phenoxy) is 3. The molecule has 0 radical (unpaired) electrons. The SMILES string of the molecule is CC1(C)O[C@H]2[C@H]([O-])O[C@@](C)(CO)[C@H]2O1. The van der Waals surface area contributed by atoms with Crippen LogP contribution in [0.2, 0.25) is 0 Å². The first kappa shape index (κ1) is 10.3. The van der Waals surface area contributed by atoms with E-state index in [-0.39, 0.29) is 6.61 Å².